The van der Waals surface area contributed by atoms with E-state index in [0.29, 0.717) is 18.4 Å². The van der Waals surface area contributed by atoms with Crippen LogP contribution in [0.15, 0.2) is 54.6 Å². The third-order valence-corrected chi connectivity index (χ3v) is 6.96. The Balaban J connectivity index is 1.43. The van der Waals surface area contributed by atoms with Crippen LogP contribution in [0, 0.1) is 17.7 Å². The average Bonchev–Trinajstić information content (AvgIpc) is 3.23. The fourth-order valence-corrected chi connectivity index (χ4v) is 5.23. The van der Waals surface area contributed by atoms with Crippen molar-refractivity contribution in [2.75, 3.05) is 13.2 Å². The van der Waals surface area contributed by atoms with Gasteiger partial charge in [-0.3, -0.25) is 4.68 Å². The first kappa shape index (κ1) is 27.1. The minimum atomic E-state index is -0.487. The van der Waals surface area contributed by atoms with Crippen molar-refractivity contribution in [1.29, 1.82) is 0 Å². The van der Waals surface area contributed by atoms with E-state index in [0.717, 1.165) is 61.0 Å². The molecule has 0 radical (unpaired) electrons. The molecule has 0 N–H and O–H groups in total. The molecular formula is C31H39FN2O3. The standard InChI is InChI=1S/C31H39FN2O3/c1-5-27-29(24-9-7-6-8-10-24)30(25-15-17-26(32)18-16-25)33-34(27)19-22-11-13-23(14-12-22)20-36-21-28(35)37-31(2,3)4/h6-10,15-18,22-23H,5,11-14,19-21H2,1-4H3. The molecule has 3 aromatic rings. The van der Waals surface area contributed by atoms with Gasteiger partial charge in [-0.05, 0) is 94.5 Å². The number of aromatic nitrogens is 2. The molecule has 0 saturated heterocycles. The van der Waals surface area contributed by atoms with Crippen molar-refractivity contribution in [2.24, 2.45) is 11.8 Å². The lowest BCUT2D eigenvalue weighted by Gasteiger charge is -2.28. The molecule has 2 aromatic carbocycles. The Morgan fingerprint density at radius 2 is 1.62 bits per heavy atom. The molecule has 0 spiro atoms. The SMILES string of the molecule is CCc1c(-c2ccccc2)c(-c2ccc(F)cc2)nn1CC1CCC(COCC(=O)OC(C)(C)C)CC1. The van der Waals surface area contributed by atoms with E-state index in [1.54, 1.807) is 0 Å². The van der Waals surface area contributed by atoms with Crippen LogP contribution < -0.4 is 0 Å². The first-order valence-corrected chi connectivity index (χ1v) is 13.4. The number of rotatable bonds is 9. The lowest BCUT2D eigenvalue weighted by molar-refractivity contribution is -0.160. The molecule has 4 rings (SSSR count). The summed E-state index contributed by atoms with van der Waals surface area (Å²) in [5, 5.41) is 5.09. The number of nitrogens with zero attached hydrogens (tertiary/aromatic N) is 2. The topological polar surface area (TPSA) is 53.4 Å². The molecule has 1 aliphatic rings. The lowest BCUT2D eigenvalue weighted by atomic mass is 9.82. The van der Waals surface area contributed by atoms with Crippen molar-refractivity contribution in [3.8, 4) is 22.4 Å². The van der Waals surface area contributed by atoms with Crippen LogP contribution in [0.25, 0.3) is 22.4 Å². The van der Waals surface area contributed by atoms with Crippen molar-refractivity contribution in [3.63, 3.8) is 0 Å². The molecule has 5 nitrogen and oxygen atoms in total. The van der Waals surface area contributed by atoms with Gasteiger partial charge in [-0.15, -0.1) is 0 Å². The Labute approximate surface area is 220 Å². The van der Waals surface area contributed by atoms with Gasteiger partial charge in [-0.25, -0.2) is 9.18 Å². The van der Waals surface area contributed by atoms with E-state index >= 15 is 0 Å². The van der Waals surface area contributed by atoms with Crippen LogP contribution >= 0.6 is 0 Å². The molecule has 1 heterocycles. The van der Waals surface area contributed by atoms with Gasteiger partial charge in [-0.2, -0.15) is 5.10 Å². The van der Waals surface area contributed by atoms with Crippen molar-refractivity contribution < 1.29 is 18.7 Å². The molecule has 0 aliphatic heterocycles. The summed E-state index contributed by atoms with van der Waals surface area (Å²) < 4.78 is 26.8. The minimum Gasteiger partial charge on any atom is -0.458 e. The fourth-order valence-electron chi connectivity index (χ4n) is 5.23. The Kier molecular flexibility index (Phi) is 8.80. The molecular weight excluding hydrogens is 467 g/mol. The average molecular weight is 507 g/mol. The van der Waals surface area contributed by atoms with E-state index < -0.39 is 5.60 Å². The normalized spacial score (nSPS) is 18.1. The second-order valence-corrected chi connectivity index (χ2v) is 11.1. The minimum absolute atomic E-state index is 0.0127. The third kappa shape index (κ3) is 7.29. The quantitative estimate of drug-likeness (QED) is 0.291. The summed E-state index contributed by atoms with van der Waals surface area (Å²) in [5.41, 5.74) is 4.84. The van der Waals surface area contributed by atoms with Gasteiger partial charge < -0.3 is 9.47 Å². The molecule has 0 atom stereocenters. The summed E-state index contributed by atoms with van der Waals surface area (Å²) in [6.45, 7) is 9.24. The summed E-state index contributed by atoms with van der Waals surface area (Å²) in [6.07, 6.45) is 5.24. The summed E-state index contributed by atoms with van der Waals surface area (Å²) in [7, 11) is 0. The van der Waals surface area contributed by atoms with E-state index in [-0.39, 0.29) is 18.4 Å². The Hall–Kier alpha value is -2.99. The van der Waals surface area contributed by atoms with Crippen LogP contribution in [-0.4, -0.2) is 34.6 Å². The van der Waals surface area contributed by atoms with Gasteiger partial charge in [0.25, 0.3) is 0 Å². The monoisotopic (exact) mass is 506 g/mol. The zero-order chi connectivity index (χ0) is 26.4. The Bertz CT molecular complexity index is 1160. The van der Waals surface area contributed by atoms with Crippen molar-refractivity contribution in [1.82, 2.24) is 9.78 Å². The second-order valence-electron chi connectivity index (χ2n) is 11.1. The maximum Gasteiger partial charge on any atom is 0.332 e. The van der Waals surface area contributed by atoms with Crippen LogP contribution in [0.3, 0.4) is 0 Å². The third-order valence-electron chi connectivity index (χ3n) is 6.96. The van der Waals surface area contributed by atoms with Crippen LogP contribution in [-0.2, 0) is 27.2 Å². The first-order valence-electron chi connectivity index (χ1n) is 13.4. The van der Waals surface area contributed by atoms with Gasteiger partial charge in [0.05, 0.1) is 6.61 Å². The van der Waals surface area contributed by atoms with Gasteiger partial charge in [0.2, 0.25) is 0 Å². The first-order chi connectivity index (χ1) is 17.7. The largest absolute Gasteiger partial charge is 0.458 e. The molecule has 0 amide bonds. The zero-order valence-electron chi connectivity index (χ0n) is 22.5. The number of esters is 1. The smallest absolute Gasteiger partial charge is 0.332 e. The molecule has 6 heteroatoms. The predicted molar refractivity (Wildman–Crippen MR) is 145 cm³/mol. The van der Waals surface area contributed by atoms with Crippen LogP contribution in [0.5, 0.6) is 0 Å². The van der Waals surface area contributed by atoms with E-state index in [4.69, 9.17) is 14.6 Å². The fraction of sp³-hybridized carbons (Fsp3) is 0.484. The van der Waals surface area contributed by atoms with Crippen LogP contribution in [0.4, 0.5) is 4.39 Å². The zero-order valence-corrected chi connectivity index (χ0v) is 22.5. The predicted octanol–water partition coefficient (Wildman–Crippen LogP) is 7.08. The molecule has 0 bridgehead atoms. The maximum atomic E-state index is 13.6. The van der Waals surface area contributed by atoms with Gasteiger partial charge >= 0.3 is 5.97 Å². The summed E-state index contributed by atoms with van der Waals surface area (Å²) in [6, 6.07) is 17.0. The highest BCUT2D eigenvalue weighted by atomic mass is 19.1. The highest BCUT2D eigenvalue weighted by Crippen LogP contribution is 2.37. The Morgan fingerprint density at radius 1 is 0.973 bits per heavy atom. The number of hydrogen-bond donors (Lipinski definition) is 0. The molecule has 1 aliphatic carbocycles. The molecule has 1 saturated carbocycles. The number of carbonyl (C=O) groups excluding carboxylic acids is 1. The Morgan fingerprint density at radius 3 is 2.24 bits per heavy atom. The van der Waals surface area contributed by atoms with Crippen LogP contribution in [0.2, 0.25) is 0 Å². The van der Waals surface area contributed by atoms with Crippen molar-refractivity contribution in [2.45, 2.75) is 71.9 Å². The number of benzene rings is 2. The molecule has 198 valence electrons. The number of ether oxygens (including phenoxy) is 2. The summed E-state index contributed by atoms with van der Waals surface area (Å²) in [5.74, 6) is 0.457. The van der Waals surface area contributed by atoms with Gasteiger partial charge in [0, 0.05) is 23.4 Å². The lowest BCUT2D eigenvalue weighted by Crippen LogP contribution is -2.28. The maximum absolute atomic E-state index is 13.6. The van der Waals surface area contributed by atoms with E-state index in [1.807, 2.05) is 51.1 Å². The van der Waals surface area contributed by atoms with E-state index in [9.17, 15) is 9.18 Å². The summed E-state index contributed by atoms with van der Waals surface area (Å²) >= 11 is 0. The molecule has 1 fully saturated rings. The van der Waals surface area contributed by atoms with Crippen molar-refractivity contribution in [3.05, 3.63) is 66.1 Å². The second kappa shape index (κ2) is 12.0. The van der Waals surface area contributed by atoms with E-state index in [1.165, 1.54) is 17.8 Å². The number of hydrogen-bond acceptors (Lipinski definition) is 4. The number of carbonyl (C=O) groups is 1. The highest BCUT2D eigenvalue weighted by molar-refractivity contribution is 5.82. The highest BCUT2D eigenvalue weighted by Gasteiger charge is 2.26. The molecule has 37 heavy (non-hydrogen) atoms. The summed E-state index contributed by atoms with van der Waals surface area (Å²) in [4.78, 5) is 11.9. The van der Waals surface area contributed by atoms with E-state index in [2.05, 4.69) is 23.7 Å². The molecule has 1 aromatic heterocycles. The number of halogens is 1. The van der Waals surface area contributed by atoms with Gasteiger partial charge in [0.1, 0.15) is 23.7 Å². The van der Waals surface area contributed by atoms with Gasteiger partial charge in [-0.1, -0.05) is 37.3 Å². The van der Waals surface area contributed by atoms with Gasteiger partial charge in [0.15, 0.2) is 0 Å². The van der Waals surface area contributed by atoms with Crippen LogP contribution in [0.1, 0.15) is 59.1 Å². The van der Waals surface area contributed by atoms with Crippen molar-refractivity contribution >= 4 is 5.97 Å². The molecule has 0 unspecified atom stereocenters.